The predicted octanol–water partition coefficient (Wildman–Crippen LogP) is 1.94. The van der Waals surface area contributed by atoms with E-state index in [4.69, 9.17) is 0 Å². The number of carbonyl (C=O) groups excluding carboxylic acids is 1. The molecule has 0 aromatic carbocycles. The standard InChI is InChI=1S/C8H5F4NO2/c9-5-1-2-6(13-3-5)7(14)4-15-8(10,11)12/h1-3H,4H2. The summed E-state index contributed by atoms with van der Waals surface area (Å²) in [6.45, 7) is -1.16. The molecule has 1 heterocycles. The Hall–Kier alpha value is -1.50. The molecule has 0 bridgehead atoms. The van der Waals surface area contributed by atoms with Gasteiger partial charge in [-0.2, -0.15) is 0 Å². The molecule has 0 saturated carbocycles. The van der Waals surface area contributed by atoms with Crippen LogP contribution in [0.3, 0.4) is 0 Å². The Morgan fingerprint density at radius 3 is 2.53 bits per heavy atom. The number of aromatic nitrogens is 1. The highest BCUT2D eigenvalue weighted by Crippen LogP contribution is 2.16. The smallest absolute Gasteiger partial charge is 0.290 e. The zero-order chi connectivity index (χ0) is 11.5. The number of hydrogen-bond acceptors (Lipinski definition) is 3. The van der Waals surface area contributed by atoms with Crippen LogP contribution < -0.4 is 0 Å². The topological polar surface area (TPSA) is 39.2 Å². The van der Waals surface area contributed by atoms with Gasteiger partial charge in [0.25, 0.3) is 0 Å². The average molecular weight is 223 g/mol. The molecule has 0 spiro atoms. The van der Waals surface area contributed by atoms with Crippen molar-refractivity contribution in [3.8, 4) is 0 Å². The molecule has 0 amide bonds. The van der Waals surface area contributed by atoms with Crippen LogP contribution in [0.4, 0.5) is 17.6 Å². The van der Waals surface area contributed by atoms with E-state index < -0.39 is 24.6 Å². The highest BCUT2D eigenvalue weighted by molar-refractivity contribution is 5.95. The van der Waals surface area contributed by atoms with Gasteiger partial charge in [-0.25, -0.2) is 9.37 Å². The molecule has 0 aliphatic carbocycles. The second-order valence-electron chi connectivity index (χ2n) is 2.52. The fourth-order valence-corrected chi connectivity index (χ4v) is 0.762. The van der Waals surface area contributed by atoms with Crippen molar-refractivity contribution in [1.82, 2.24) is 4.98 Å². The molecule has 1 rings (SSSR count). The van der Waals surface area contributed by atoms with Crippen molar-refractivity contribution in [2.24, 2.45) is 0 Å². The maximum atomic E-state index is 12.3. The number of alkyl halides is 3. The van der Waals surface area contributed by atoms with Crippen LogP contribution in [0.1, 0.15) is 10.5 Å². The molecular weight excluding hydrogens is 218 g/mol. The fourth-order valence-electron chi connectivity index (χ4n) is 0.762. The number of rotatable bonds is 3. The van der Waals surface area contributed by atoms with Crippen molar-refractivity contribution >= 4 is 5.78 Å². The minimum Gasteiger partial charge on any atom is -0.290 e. The first-order chi connectivity index (χ1) is 6.88. The maximum absolute atomic E-state index is 12.3. The Morgan fingerprint density at radius 2 is 2.07 bits per heavy atom. The van der Waals surface area contributed by atoms with Gasteiger partial charge in [0.1, 0.15) is 18.1 Å². The van der Waals surface area contributed by atoms with E-state index in [1.54, 1.807) is 0 Å². The lowest BCUT2D eigenvalue weighted by molar-refractivity contribution is -0.318. The van der Waals surface area contributed by atoms with E-state index in [1.807, 2.05) is 0 Å². The minimum atomic E-state index is -4.87. The first kappa shape index (κ1) is 11.6. The summed E-state index contributed by atoms with van der Waals surface area (Å²) in [6, 6.07) is 1.91. The maximum Gasteiger partial charge on any atom is 0.522 e. The summed E-state index contributed by atoms with van der Waals surface area (Å²) in [5.41, 5.74) is -0.277. The summed E-state index contributed by atoms with van der Waals surface area (Å²) in [5, 5.41) is 0. The van der Waals surface area contributed by atoms with Crippen LogP contribution >= 0.6 is 0 Å². The van der Waals surface area contributed by atoms with Crippen molar-refractivity contribution in [2.45, 2.75) is 6.36 Å². The predicted molar refractivity (Wildman–Crippen MR) is 40.5 cm³/mol. The molecule has 0 aliphatic heterocycles. The molecule has 0 radical (unpaired) electrons. The fraction of sp³-hybridized carbons (Fsp3) is 0.250. The Balaban J connectivity index is 2.58. The monoisotopic (exact) mass is 223 g/mol. The van der Waals surface area contributed by atoms with E-state index in [1.165, 1.54) is 0 Å². The van der Waals surface area contributed by atoms with Gasteiger partial charge in [-0.1, -0.05) is 0 Å². The van der Waals surface area contributed by atoms with Crippen molar-refractivity contribution in [3.05, 3.63) is 29.8 Å². The van der Waals surface area contributed by atoms with E-state index >= 15 is 0 Å². The van der Waals surface area contributed by atoms with E-state index in [9.17, 15) is 22.4 Å². The second kappa shape index (κ2) is 4.35. The minimum absolute atomic E-state index is 0.277. The first-order valence-corrected chi connectivity index (χ1v) is 3.74. The highest BCUT2D eigenvalue weighted by Gasteiger charge is 2.30. The number of halogens is 4. The van der Waals surface area contributed by atoms with Gasteiger partial charge in [0.15, 0.2) is 0 Å². The Bertz CT molecular complexity index is 347. The molecule has 82 valence electrons. The van der Waals surface area contributed by atoms with Gasteiger partial charge < -0.3 is 0 Å². The number of ether oxygens (including phenoxy) is 1. The van der Waals surface area contributed by atoms with Crippen molar-refractivity contribution in [1.29, 1.82) is 0 Å². The molecule has 0 saturated heterocycles. The third kappa shape index (κ3) is 4.03. The number of pyridine rings is 1. The molecular formula is C8H5F4NO2. The molecule has 15 heavy (non-hydrogen) atoms. The number of carbonyl (C=O) groups is 1. The van der Waals surface area contributed by atoms with Gasteiger partial charge >= 0.3 is 6.36 Å². The van der Waals surface area contributed by atoms with Crippen molar-refractivity contribution < 1.29 is 27.1 Å². The molecule has 0 aliphatic rings. The van der Waals surface area contributed by atoms with Crippen molar-refractivity contribution in [2.75, 3.05) is 6.61 Å². The van der Waals surface area contributed by atoms with E-state index in [2.05, 4.69) is 9.72 Å². The number of Topliss-reactive ketones (excluding diaryl/α,β-unsaturated/α-hetero) is 1. The van der Waals surface area contributed by atoms with E-state index in [0.717, 1.165) is 18.3 Å². The quantitative estimate of drug-likeness (QED) is 0.580. The van der Waals surface area contributed by atoms with Crippen LogP contribution in [0.25, 0.3) is 0 Å². The third-order valence-corrected chi connectivity index (χ3v) is 1.38. The SMILES string of the molecule is O=C(COC(F)(F)F)c1ccc(F)cn1. The molecule has 7 heteroatoms. The van der Waals surface area contributed by atoms with Crippen LogP contribution in [0.5, 0.6) is 0 Å². The van der Waals surface area contributed by atoms with Crippen LogP contribution in [-0.2, 0) is 4.74 Å². The first-order valence-electron chi connectivity index (χ1n) is 3.74. The largest absolute Gasteiger partial charge is 0.522 e. The normalized spacial score (nSPS) is 11.5. The van der Waals surface area contributed by atoms with Gasteiger partial charge in [-0.05, 0) is 12.1 Å². The molecule has 1 aromatic heterocycles. The Labute approximate surface area is 81.7 Å². The van der Waals surface area contributed by atoms with Crippen LogP contribution in [-0.4, -0.2) is 23.7 Å². The summed E-state index contributed by atoms with van der Waals surface area (Å²) in [7, 11) is 0. The van der Waals surface area contributed by atoms with E-state index in [0.29, 0.717) is 0 Å². The molecule has 0 fully saturated rings. The van der Waals surface area contributed by atoms with Crippen LogP contribution in [0.2, 0.25) is 0 Å². The number of nitrogens with zero attached hydrogens (tertiary/aromatic N) is 1. The summed E-state index contributed by atoms with van der Waals surface area (Å²) >= 11 is 0. The zero-order valence-corrected chi connectivity index (χ0v) is 7.21. The van der Waals surface area contributed by atoms with Gasteiger partial charge in [0, 0.05) is 0 Å². The molecule has 0 unspecified atom stereocenters. The van der Waals surface area contributed by atoms with Gasteiger partial charge in [-0.15, -0.1) is 13.2 Å². The highest BCUT2D eigenvalue weighted by atomic mass is 19.4. The summed E-state index contributed by atoms with van der Waals surface area (Å²) in [5.74, 6) is -1.64. The lowest BCUT2D eigenvalue weighted by atomic mass is 10.2. The van der Waals surface area contributed by atoms with Gasteiger partial charge in [-0.3, -0.25) is 9.53 Å². The summed E-state index contributed by atoms with van der Waals surface area (Å²) in [4.78, 5) is 14.3. The third-order valence-electron chi connectivity index (χ3n) is 1.38. The summed E-state index contributed by atoms with van der Waals surface area (Å²) in [6.07, 6.45) is -4.13. The van der Waals surface area contributed by atoms with Crippen molar-refractivity contribution in [3.63, 3.8) is 0 Å². The molecule has 1 aromatic rings. The number of ketones is 1. The Morgan fingerprint density at radius 1 is 1.40 bits per heavy atom. The van der Waals surface area contributed by atoms with Crippen LogP contribution in [0.15, 0.2) is 18.3 Å². The van der Waals surface area contributed by atoms with Gasteiger partial charge in [0.05, 0.1) is 6.20 Å². The lowest BCUT2D eigenvalue weighted by Gasteiger charge is -2.05. The average Bonchev–Trinajstić information content (AvgIpc) is 2.14. The summed E-state index contributed by atoms with van der Waals surface area (Å²) < 4.78 is 50.3. The molecule has 3 nitrogen and oxygen atoms in total. The van der Waals surface area contributed by atoms with Gasteiger partial charge in [0.2, 0.25) is 5.78 Å². The zero-order valence-electron chi connectivity index (χ0n) is 7.21. The van der Waals surface area contributed by atoms with E-state index in [-0.39, 0.29) is 5.69 Å². The number of hydrogen-bond donors (Lipinski definition) is 0. The Kier molecular flexibility index (Phi) is 3.35. The van der Waals surface area contributed by atoms with Crippen LogP contribution in [0, 0.1) is 5.82 Å². The lowest BCUT2D eigenvalue weighted by Crippen LogP contribution is -2.20. The molecule has 0 N–H and O–H groups in total. The second-order valence-corrected chi connectivity index (χ2v) is 2.52. The molecule has 0 atom stereocenters.